The predicted molar refractivity (Wildman–Crippen MR) is 83.5 cm³/mol. The molecule has 116 valence electrons. The second kappa shape index (κ2) is 5.48. The summed E-state index contributed by atoms with van der Waals surface area (Å²) in [6.07, 6.45) is 5.77. The maximum Gasteiger partial charge on any atom is 0.330 e. The number of aromatic amines is 1. The molecular formula is C17H20N2O3. The van der Waals surface area contributed by atoms with Gasteiger partial charge in [0.05, 0.1) is 11.1 Å². The van der Waals surface area contributed by atoms with Gasteiger partial charge in [-0.05, 0) is 31.4 Å². The number of aryl methyl sites for hydroxylation is 1. The van der Waals surface area contributed by atoms with Gasteiger partial charge in [-0.25, -0.2) is 4.79 Å². The lowest BCUT2D eigenvalue weighted by molar-refractivity contribution is -0.145. The predicted octanol–water partition coefficient (Wildman–Crippen LogP) is 2.76. The first-order chi connectivity index (χ1) is 10.6. The highest BCUT2D eigenvalue weighted by molar-refractivity contribution is 5.83. The van der Waals surface area contributed by atoms with Crippen LogP contribution in [0.1, 0.15) is 43.4 Å². The number of benzene rings is 1. The van der Waals surface area contributed by atoms with E-state index < -0.39 is 11.4 Å². The highest BCUT2D eigenvalue weighted by Gasteiger charge is 2.43. The summed E-state index contributed by atoms with van der Waals surface area (Å²) in [5.74, 6) is -0.791. The fourth-order valence-corrected chi connectivity index (χ4v) is 3.58. The summed E-state index contributed by atoms with van der Waals surface area (Å²) in [6.45, 7) is 1.84. The molecule has 2 N–H and O–H groups in total. The highest BCUT2D eigenvalue weighted by atomic mass is 16.4. The zero-order chi connectivity index (χ0) is 15.7. The van der Waals surface area contributed by atoms with Gasteiger partial charge in [-0.1, -0.05) is 37.5 Å². The molecule has 1 aromatic carbocycles. The molecular weight excluding hydrogens is 280 g/mol. The number of imidazole rings is 1. The molecule has 1 fully saturated rings. The first-order valence-corrected chi connectivity index (χ1v) is 7.66. The normalized spacial score (nSPS) is 17.3. The lowest BCUT2D eigenvalue weighted by Crippen LogP contribution is -2.39. The summed E-state index contributed by atoms with van der Waals surface area (Å²) in [6, 6.07) is 7.38. The van der Waals surface area contributed by atoms with E-state index in [0.29, 0.717) is 18.5 Å². The zero-order valence-corrected chi connectivity index (χ0v) is 12.6. The van der Waals surface area contributed by atoms with Gasteiger partial charge in [0.1, 0.15) is 0 Å². The Bertz CT molecular complexity index is 751. The third-order valence-corrected chi connectivity index (χ3v) is 4.74. The van der Waals surface area contributed by atoms with Crippen LogP contribution in [0.2, 0.25) is 0 Å². The number of aliphatic carboxylic acids is 1. The van der Waals surface area contributed by atoms with Gasteiger partial charge in [0.15, 0.2) is 0 Å². The van der Waals surface area contributed by atoms with Crippen molar-refractivity contribution < 1.29 is 9.90 Å². The van der Waals surface area contributed by atoms with Crippen LogP contribution in [0.25, 0.3) is 5.69 Å². The largest absolute Gasteiger partial charge is 0.481 e. The van der Waals surface area contributed by atoms with Crippen molar-refractivity contribution in [3.8, 4) is 5.69 Å². The molecule has 0 atom stereocenters. The Morgan fingerprint density at radius 3 is 2.50 bits per heavy atom. The topological polar surface area (TPSA) is 75.1 Å². The van der Waals surface area contributed by atoms with Crippen molar-refractivity contribution in [2.24, 2.45) is 0 Å². The zero-order valence-electron chi connectivity index (χ0n) is 12.6. The van der Waals surface area contributed by atoms with Gasteiger partial charge < -0.3 is 10.1 Å². The number of hydrogen-bond donors (Lipinski definition) is 2. The summed E-state index contributed by atoms with van der Waals surface area (Å²) in [4.78, 5) is 26.9. The first kappa shape index (κ1) is 14.6. The van der Waals surface area contributed by atoms with E-state index in [1.54, 1.807) is 10.8 Å². The third kappa shape index (κ3) is 2.17. The third-order valence-electron chi connectivity index (χ3n) is 4.74. The molecule has 2 aromatic rings. The molecule has 1 heterocycles. The molecule has 1 aliphatic carbocycles. The van der Waals surface area contributed by atoms with Crippen molar-refractivity contribution in [1.29, 1.82) is 0 Å². The number of H-pyrrole nitrogens is 1. The van der Waals surface area contributed by atoms with Crippen molar-refractivity contribution in [3.05, 3.63) is 52.2 Å². The molecule has 0 saturated heterocycles. The summed E-state index contributed by atoms with van der Waals surface area (Å²) in [5.41, 5.74) is 1.07. The van der Waals surface area contributed by atoms with Crippen molar-refractivity contribution >= 4 is 5.97 Å². The monoisotopic (exact) mass is 300 g/mol. The number of nitrogens with one attached hydrogen (secondary N) is 1. The van der Waals surface area contributed by atoms with Crippen LogP contribution in [0.4, 0.5) is 0 Å². The van der Waals surface area contributed by atoms with Gasteiger partial charge in [0, 0.05) is 11.9 Å². The minimum Gasteiger partial charge on any atom is -0.481 e. The van der Waals surface area contributed by atoms with Crippen LogP contribution >= 0.6 is 0 Å². The van der Waals surface area contributed by atoms with Crippen molar-refractivity contribution in [2.75, 3.05) is 0 Å². The maximum atomic E-state index is 12.1. The number of carboxylic acids is 1. The van der Waals surface area contributed by atoms with E-state index in [4.69, 9.17) is 0 Å². The first-order valence-electron chi connectivity index (χ1n) is 7.66. The molecule has 3 rings (SSSR count). The van der Waals surface area contributed by atoms with Crippen LogP contribution in [0.15, 0.2) is 35.3 Å². The number of para-hydroxylation sites is 1. The SMILES string of the molecule is Cc1c[nH]c(=O)n1-c1ccccc1C1(C(=O)O)CCCCC1. The Labute approximate surface area is 128 Å². The number of nitrogens with zero attached hydrogens (tertiary/aromatic N) is 1. The maximum absolute atomic E-state index is 12.1. The molecule has 22 heavy (non-hydrogen) atoms. The van der Waals surface area contributed by atoms with Gasteiger partial charge >= 0.3 is 11.7 Å². The Balaban J connectivity index is 2.24. The number of rotatable bonds is 3. The van der Waals surface area contributed by atoms with Gasteiger partial charge in [-0.15, -0.1) is 0 Å². The fraction of sp³-hybridized carbons (Fsp3) is 0.412. The minimum atomic E-state index is -0.891. The standard InChI is InChI=1S/C17H20N2O3/c1-12-11-18-16(22)19(12)14-8-4-3-7-13(14)17(15(20)21)9-5-2-6-10-17/h3-4,7-8,11H,2,5-6,9-10H2,1H3,(H,18,22)(H,20,21). The van der Waals surface area contributed by atoms with E-state index >= 15 is 0 Å². The molecule has 0 spiro atoms. The van der Waals surface area contributed by atoms with Gasteiger partial charge in [0.25, 0.3) is 0 Å². The second-order valence-electron chi connectivity index (χ2n) is 6.04. The summed E-state index contributed by atoms with van der Waals surface area (Å²) >= 11 is 0. The Hall–Kier alpha value is -2.30. The van der Waals surface area contributed by atoms with Gasteiger partial charge in [-0.2, -0.15) is 0 Å². The molecule has 1 aromatic heterocycles. The average molecular weight is 300 g/mol. The smallest absolute Gasteiger partial charge is 0.330 e. The Kier molecular flexibility index (Phi) is 3.64. The van der Waals surface area contributed by atoms with Crippen LogP contribution < -0.4 is 5.69 Å². The van der Waals surface area contributed by atoms with Crippen LogP contribution in [-0.2, 0) is 10.2 Å². The van der Waals surface area contributed by atoms with Crippen molar-refractivity contribution in [2.45, 2.75) is 44.4 Å². The summed E-state index contributed by atoms with van der Waals surface area (Å²) in [5, 5.41) is 9.91. The molecule has 5 heteroatoms. The van der Waals surface area contributed by atoms with E-state index in [-0.39, 0.29) is 5.69 Å². The van der Waals surface area contributed by atoms with Crippen molar-refractivity contribution in [3.63, 3.8) is 0 Å². The van der Waals surface area contributed by atoms with Crippen LogP contribution in [0, 0.1) is 6.92 Å². The van der Waals surface area contributed by atoms with Gasteiger partial charge in [0.2, 0.25) is 0 Å². The molecule has 0 amide bonds. The molecule has 0 aliphatic heterocycles. The molecule has 0 unspecified atom stereocenters. The molecule has 0 radical (unpaired) electrons. The summed E-state index contributed by atoms with van der Waals surface area (Å²) in [7, 11) is 0. The van der Waals surface area contributed by atoms with Crippen LogP contribution in [0.3, 0.4) is 0 Å². The lowest BCUT2D eigenvalue weighted by atomic mass is 9.69. The number of carboxylic acid groups (broad SMARTS) is 1. The highest BCUT2D eigenvalue weighted by Crippen LogP contribution is 2.42. The van der Waals surface area contributed by atoms with Gasteiger partial charge in [-0.3, -0.25) is 9.36 Å². The molecule has 1 saturated carbocycles. The van der Waals surface area contributed by atoms with E-state index in [0.717, 1.165) is 30.5 Å². The van der Waals surface area contributed by atoms with E-state index in [9.17, 15) is 14.7 Å². The number of carbonyl (C=O) groups is 1. The second-order valence-corrected chi connectivity index (χ2v) is 6.04. The minimum absolute atomic E-state index is 0.235. The Morgan fingerprint density at radius 2 is 1.91 bits per heavy atom. The Morgan fingerprint density at radius 1 is 1.23 bits per heavy atom. The summed E-state index contributed by atoms with van der Waals surface area (Å²) < 4.78 is 1.56. The number of hydrogen-bond acceptors (Lipinski definition) is 2. The van der Waals surface area contributed by atoms with Crippen LogP contribution in [-0.4, -0.2) is 20.6 Å². The van der Waals surface area contributed by atoms with E-state index in [1.807, 2.05) is 31.2 Å². The number of aromatic nitrogens is 2. The molecule has 5 nitrogen and oxygen atoms in total. The quantitative estimate of drug-likeness (QED) is 0.915. The van der Waals surface area contributed by atoms with Crippen molar-refractivity contribution in [1.82, 2.24) is 9.55 Å². The fourth-order valence-electron chi connectivity index (χ4n) is 3.58. The van der Waals surface area contributed by atoms with E-state index in [2.05, 4.69) is 4.98 Å². The van der Waals surface area contributed by atoms with E-state index in [1.165, 1.54) is 0 Å². The average Bonchev–Trinajstić information content (AvgIpc) is 2.87. The van der Waals surface area contributed by atoms with Crippen LogP contribution in [0.5, 0.6) is 0 Å². The molecule has 0 bridgehead atoms. The lowest BCUT2D eigenvalue weighted by Gasteiger charge is -2.35. The molecule has 1 aliphatic rings.